The summed E-state index contributed by atoms with van der Waals surface area (Å²) < 4.78 is 11.0. The molecule has 0 unspecified atom stereocenters. The summed E-state index contributed by atoms with van der Waals surface area (Å²) >= 11 is 0. The van der Waals surface area contributed by atoms with E-state index in [9.17, 15) is 9.59 Å². The number of aromatic nitrogens is 2. The summed E-state index contributed by atoms with van der Waals surface area (Å²) in [5.41, 5.74) is 0.868. The number of benzene rings is 1. The van der Waals surface area contributed by atoms with Crippen molar-refractivity contribution in [2.45, 2.75) is 0 Å². The van der Waals surface area contributed by atoms with Crippen molar-refractivity contribution in [3.8, 4) is 0 Å². The van der Waals surface area contributed by atoms with Gasteiger partial charge in [0.05, 0.1) is 6.26 Å². The van der Waals surface area contributed by atoms with Crippen molar-refractivity contribution in [1.82, 2.24) is 14.9 Å². The van der Waals surface area contributed by atoms with Gasteiger partial charge >= 0.3 is 0 Å². The van der Waals surface area contributed by atoms with Gasteiger partial charge in [0.15, 0.2) is 5.76 Å². The smallest absolute Gasteiger partial charge is 0.291 e. The van der Waals surface area contributed by atoms with E-state index in [2.05, 4.69) is 15.3 Å². The lowest BCUT2D eigenvalue weighted by Crippen LogP contribution is -2.49. The average Bonchev–Trinajstić information content (AvgIpc) is 3.48. The molecule has 1 aromatic carbocycles. The Morgan fingerprint density at radius 3 is 2.45 bits per heavy atom. The first kappa shape index (κ1) is 18.9. The summed E-state index contributed by atoms with van der Waals surface area (Å²) in [4.78, 5) is 38.2. The Hall–Kier alpha value is -4.14. The second-order valence-corrected chi connectivity index (χ2v) is 7.06. The summed E-state index contributed by atoms with van der Waals surface area (Å²) in [5.74, 6) is 0.173. The fourth-order valence-electron chi connectivity index (χ4n) is 3.61. The largest absolute Gasteiger partial charge is 0.459 e. The molecule has 3 aromatic heterocycles. The summed E-state index contributed by atoms with van der Waals surface area (Å²) in [6.07, 6.45) is 4.81. The molecular weight excluding hydrogens is 398 g/mol. The van der Waals surface area contributed by atoms with E-state index in [-0.39, 0.29) is 17.4 Å². The Morgan fingerprint density at radius 1 is 0.935 bits per heavy atom. The highest BCUT2D eigenvalue weighted by molar-refractivity contribution is 6.13. The molecule has 1 aliphatic rings. The van der Waals surface area contributed by atoms with Gasteiger partial charge in [-0.2, -0.15) is 0 Å². The quantitative estimate of drug-likeness (QED) is 0.544. The van der Waals surface area contributed by atoms with Crippen LogP contribution in [0.2, 0.25) is 0 Å². The van der Waals surface area contributed by atoms with E-state index >= 15 is 0 Å². The van der Waals surface area contributed by atoms with Crippen molar-refractivity contribution in [3.63, 3.8) is 0 Å². The number of anilines is 2. The fraction of sp³-hybridized carbons (Fsp3) is 0.182. The molecule has 1 saturated heterocycles. The van der Waals surface area contributed by atoms with Gasteiger partial charge in [-0.3, -0.25) is 9.59 Å². The number of hydrogen-bond donors (Lipinski definition) is 1. The van der Waals surface area contributed by atoms with Gasteiger partial charge in [0.2, 0.25) is 11.7 Å². The number of rotatable bonds is 4. The third-order valence-electron chi connectivity index (χ3n) is 5.18. The Labute approximate surface area is 177 Å². The van der Waals surface area contributed by atoms with Crippen LogP contribution in [-0.4, -0.2) is 52.9 Å². The van der Waals surface area contributed by atoms with Crippen LogP contribution in [0.3, 0.4) is 0 Å². The molecule has 1 aliphatic heterocycles. The minimum atomic E-state index is -0.448. The maximum atomic E-state index is 13.3. The molecule has 9 nitrogen and oxygen atoms in total. The molecule has 0 aliphatic carbocycles. The van der Waals surface area contributed by atoms with Crippen LogP contribution in [0.5, 0.6) is 0 Å². The number of nitrogens with zero attached hydrogens (tertiary/aromatic N) is 4. The second kappa shape index (κ2) is 7.94. The van der Waals surface area contributed by atoms with Crippen molar-refractivity contribution < 1.29 is 18.4 Å². The average molecular weight is 417 g/mol. The predicted octanol–water partition coefficient (Wildman–Crippen LogP) is 3.03. The summed E-state index contributed by atoms with van der Waals surface area (Å²) in [6.45, 7) is 2.17. The number of carbonyl (C=O) groups is 2. The molecule has 0 radical (unpaired) electrons. The molecule has 0 atom stereocenters. The Kier molecular flexibility index (Phi) is 4.83. The van der Waals surface area contributed by atoms with Gasteiger partial charge in [-0.05, 0) is 30.3 Å². The zero-order chi connectivity index (χ0) is 21.2. The molecule has 156 valence electrons. The number of hydrogen-bond acceptors (Lipinski definition) is 7. The van der Waals surface area contributed by atoms with Crippen LogP contribution in [0.4, 0.5) is 11.6 Å². The van der Waals surface area contributed by atoms with Crippen LogP contribution in [-0.2, 0) is 0 Å². The van der Waals surface area contributed by atoms with E-state index in [1.165, 1.54) is 6.26 Å². The van der Waals surface area contributed by atoms with E-state index in [4.69, 9.17) is 8.83 Å². The standard InChI is InChI=1S/C22H19N5O4/c28-20(17-7-3-14-30-17)25-18-15-5-1-2-6-16(15)31-19(18)21(29)26-10-12-27(13-11-26)22-23-8-4-9-24-22/h1-9,14H,10-13H2,(H,25,28). The van der Waals surface area contributed by atoms with Gasteiger partial charge < -0.3 is 24.0 Å². The molecule has 9 heteroatoms. The van der Waals surface area contributed by atoms with Gasteiger partial charge in [0.25, 0.3) is 11.8 Å². The van der Waals surface area contributed by atoms with Crippen LogP contribution in [0, 0.1) is 0 Å². The molecule has 1 N–H and O–H groups in total. The summed E-state index contributed by atoms with van der Waals surface area (Å²) in [7, 11) is 0. The number of nitrogens with one attached hydrogen (secondary N) is 1. The van der Waals surface area contributed by atoms with Crippen molar-refractivity contribution in [2.24, 2.45) is 0 Å². The molecule has 0 spiro atoms. The van der Waals surface area contributed by atoms with E-state index in [1.54, 1.807) is 47.6 Å². The number of para-hydroxylation sites is 1. The van der Waals surface area contributed by atoms with Crippen molar-refractivity contribution in [3.05, 3.63) is 72.6 Å². The molecule has 5 rings (SSSR count). The molecule has 0 saturated carbocycles. The highest BCUT2D eigenvalue weighted by atomic mass is 16.4. The highest BCUT2D eigenvalue weighted by Gasteiger charge is 2.29. The first-order valence-corrected chi connectivity index (χ1v) is 9.88. The fourth-order valence-corrected chi connectivity index (χ4v) is 3.61. The van der Waals surface area contributed by atoms with Crippen LogP contribution in [0.15, 0.2) is 70.0 Å². The lowest BCUT2D eigenvalue weighted by atomic mass is 10.2. The SMILES string of the molecule is O=C(Nc1c(C(=O)N2CCN(c3ncccn3)CC2)oc2ccccc12)c1ccco1. The van der Waals surface area contributed by atoms with Crippen molar-refractivity contribution in [1.29, 1.82) is 0 Å². The monoisotopic (exact) mass is 417 g/mol. The number of piperazine rings is 1. The minimum absolute atomic E-state index is 0.102. The third kappa shape index (κ3) is 3.61. The maximum Gasteiger partial charge on any atom is 0.291 e. The Balaban J connectivity index is 1.39. The minimum Gasteiger partial charge on any atom is -0.459 e. The first-order valence-electron chi connectivity index (χ1n) is 9.88. The van der Waals surface area contributed by atoms with E-state index in [1.807, 2.05) is 17.0 Å². The maximum absolute atomic E-state index is 13.3. The van der Waals surface area contributed by atoms with Gasteiger partial charge in [-0.1, -0.05) is 12.1 Å². The van der Waals surface area contributed by atoms with Crippen molar-refractivity contribution in [2.75, 3.05) is 36.4 Å². The van der Waals surface area contributed by atoms with Crippen LogP contribution >= 0.6 is 0 Å². The van der Waals surface area contributed by atoms with E-state index in [0.717, 1.165) is 0 Å². The molecule has 31 heavy (non-hydrogen) atoms. The molecule has 4 heterocycles. The second-order valence-electron chi connectivity index (χ2n) is 7.06. The topological polar surface area (TPSA) is 105 Å². The number of fused-ring (bicyclic) bond motifs is 1. The molecule has 2 amide bonds. The van der Waals surface area contributed by atoms with Crippen LogP contribution in [0.25, 0.3) is 11.0 Å². The zero-order valence-electron chi connectivity index (χ0n) is 16.5. The van der Waals surface area contributed by atoms with Crippen LogP contribution < -0.4 is 10.2 Å². The first-order chi connectivity index (χ1) is 15.2. The van der Waals surface area contributed by atoms with Gasteiger partial charge in [-0.25, -0.2) is 9.97 Å². The number of amides is 2. The molecule has 4 aromatic rings. The number of carbonyl (C=O) groups excluding carboxylic acids is 2. The summed E-state index contributed by atoms with van der Waals surface area (Å²) in [5, 5.41) is 3.44. The molecule has 1 fully saturated rings. The predicted molar refractivity (Wildman–Crippen MR) is 113 cm³/mol. The van der Waals surface area contributed by atoms with Gasteiger partial charge in [0.1, 0.15) is 11.3 Å². The van der Waals surface area contributed by atoms with Gasteiger partial charge in [-0.15, -0.1) is 0 Å². The zero-order valence-corrected chi connectivity index (χ0v) is 16.5. The molecule has 0 bridgehead atoms. The Bertz CT molecular complexity index is 1210. The third-order valence-corrected chi connectivity index (χ3v) is 5.18. The van der Waals surface area contributed by atoms with E-state index < -0.39 is 5.91 Å². The van der Waals surface area contributed by atoms with Crippen molar-refractivity contribution >= 4 is 34.4 Å². The van der Waals surface area contributed by atoms with Gasteiger partial charge in [0, 0.05) is 44.0 Å². The van der Waals surface area contributed by atoms with Crippen LogP contribution in [0.1, 0.15) is 21.1 Å². The highest BCUT2D eigenvalue weighted by Crippen LogP contribution is 2.32. The lowest BCUT2D eigenvalue weighted by molar-refractivity contribution is 0.0718. The lowest BCUT2D eigenvalue weighted by Gasteiger charge is -2.34. The number of furan rings is 2. The van der Waals surface area contributed by atoms with E-state index in [0.29, 0.717) is 48.8 Å². The normalized spacial score (nSPS) is 14.1. The Morgan fingerprint density at radius 2 is 1.71 bits per heavy atom. The summed E-state index contributed by atoms with van der Waals surface area (Å²) in [6, 6.07) is 12.2. The molecular formula is C22H19N5O4.